The lowest BCUT2D eigenvalue weighted by Gasteiger charge is -2.02. The minimum atomic E-state index is 0.0869. The maximum absolute atomic E-state index is 12.8. The van der Waals surface area contributed by atoms with Crippen LogP contribution in [0.4, 0.5) is 0 Å². The molecule has 0 bridgehead atoms. The standard InChI is InChI=1S/C19H15NO/c1-12-13(2)18-11-15(17-10-6-9-16(12)20(17)18)19(21)14-7-4-3-5-8-14/h3-11H,1-2H3. The second kappa shape index (κ2) is 4.19. The minimum absolute atomic E-state index is 0.0869. The lowest BCUT2D eigenvalue weighted by atomic mass is 10.0. The number of carbonyl (C=O) groups excluding carboxylic acids is 1. The molecule has 0 aliphatic rings. The Morgan fingerprint density at radius 2 is 1.48 bits per heavy atom. The molecule has 2 nitrogen and oxygen atoms in total. The van der Waals surface area contributed by atoms with Crippen molar-refractivity contribution in [3.63, 3.8) is 0 Å². The molecule has 0 aliphatic heterocycles. The third kappa shape index (κ3) is 1.56. The van der Waals surface area contributed by atoms with Gasteiger partial charge in [0, 0.05) is 16.6 Å². The van der Waals surface area contributed by atoms with E-state index in [2.05, 4.69) is 24.3 Å². The van der Waals surface area contributed by atoms with Gasteiger partial charge in [0.2, 0.25) is 0 Å². The molecule has 0 radical (unpaired) electrons. The van der Waals surface area contributed by atoms with E-state index in [1.165, 1.54) is 16.6 Å². The maximum atomic E-state index is 12.8. The highest BCUT2D eigenvalue weighted by atomic mass is 16.1. The molecule has 102 valence electrons. The summed E-state index contributed by atoms with van der Waals surface area (Å²) in [5, 5.41) is 0. The van der Waals surface area contributed by atoms with Gasteiger partial charge in [-0.15, -0.1) is 0 Å². The zero-order valence-corrected chi connectivity index (χ0v) is 12.1. The van der Waals surface area contributed by atoms with Crippen molar-refractivity contribution in [3.05, 3.63) is 76.9 Å². The Hall–Kier alpha value is -2.61. The molecule has 0 saturated carbocycles. The highest BCUT2D eigenvalue weighted by molar-refractivity contribution is 6.15. The number of aromatic nitrogens is 1. The van der Waals surface area contributed by atoms with Gasteiger partial charge in [-0.05, 0) is 43.2 Å². The fourth-order valence-corrected chi connectivity index (χ4v) is 3.13. The lowest BCUT2D eigenvalue weighted by Crippen LogP contribution is -2.00. The summed E-state index contributed by atoms with van der Waals surface area (Å²) in [4.78, 5) is 12.8. The molecular formula is C19H15NO. The summed E-state index contributed by atoms with van der Waals surface area (Å²) >= 11 is 0. The van der Waals surface area contributed by atoms with Gasteiger partial charge < -0.3 is 4.40 Å². The molecular weight excluding hydrogens is 258 g/mol. The van der Waals surface area contributed by atoms with Crippen LogP contribution < -0.4 is 0 Å². The highest BCUT2D eigenvalue weighted by Crippen LogP contribution is 2.31. The molecule has 3 heterocycles. The van der Waals surface area contributed by atoms with E-state index in [0.717, 1.165) is 22.2 Å². The SMILES string of the molecule is Cc1c(C)c2cc(C(=O)c3ccccc3)c3cccc1n32. The van der Waals surface area contributed by atoms with Gasteiger partial charge in [0.15, 0.2) is 5.78 Å². The van der Waals surface area contributed by atoms with Gasteiger partial charge >= 0.3 is 0 Å². The smallest absolute Gasteiger partial charge is 0.195 e. The Morgan fingerprint density at radius 3 is 2.24 bits per heavy atom. The van der Waals surface area contributed by atoms with Crippen molar-refractivity contribution in [2.45, 2.75) is 13.8 Å². The second-order valence-corrected chi connectivity index (χ2v) is 5.52. The van der Waals surface area contributed by atoms with Crippen LogP contribution in [0.2, 0.25) is 0 Å². The van der Waals surface area contributed by atoms with Crippen LogP contribution in [0.15, 0.2) is 54.6 Å². The molecule has 0 amide bonds. The Kier molecular flexibility index (Phi) is 2.43. The zero-order valence-electron chi connectivity index (χ0n) is 12.1. The molecule has 1 aromatic carbocycles. The maximum Gasteiger partial charge on any atom is 0.195 e. The van der Waals surface area contributed by atoms with E-state index in [1.807, 2.05) is 48.5 Å². The highest BCUT2D eigenvalue weighted by Gasteiger charge is 2.19. The predicted molar refractivity (Wildman–Crippen MR) is 85.4 cm³/mol. The first kappa shape index (κ1) is 12.2. The number of hydrogen-bond donors (Lipinski definition) is 0. The molecule has 3 aromatic heterocycles. The van der Waals surface area contributed by atoms with Crippen LogP contribution in [0.5, 0.6) is 0 Å². The van der Waals surface area contributed by atoms with Crippen LogP contribution in [0.3, 0.4) is 0 Å². The molecule has 2 heteroatoms. The van der Waals surface area contributed by atoms with Gasteiger partial charge in [-0.25, -0.2) is 0 Å². The number of ketones is 1. The summed E-state index contributed by atoms with van der Waals surface area (Å²) in [6, 6.07) is 17.7. The first-order valence-corrected chi connectivity index (χ1v) is 7.11. The van der Waals surface area contributed by atoms with Gasteiger partial charge in [0.25, 0.3) is 0 Å². The fourth-order valence-electron chi connectivity index (χ4n) is 3.13. The molecule has 0 atom stereocenters. The van der Waals surface area contributed by atoms with Gasteiger partial charge in [-0.3, -0.25) is 4.79 Å². The Balaban J connectivity index is 2.03. The molecule has 0 saturated heterocycles. The first-order chi connectivity index (χ1) is 10.2. The summed E-state index contributed by atoms with van der Waals surface area (Å²) in [5.41, 5.74) is 7.37. The molecule has 4 aromatic rings. The van der Waals surface area contributed by atoms with Gasteiger partial charge in [0.1, 0.15) is 0 Å². The van der Waals surface area contributed by atoms with Gasteiger partial charge in [-0.2, -0.15) is 0 Å². The molecule has 0 unspecified atom stereocenters. The monoisotopic (exact) mass is 273 g/mol. The van der Waals surface area contributed by atoms with Crippen molar-refractivity contribution in [1.82, 2.24) is 4.40 Å². The van der Waals surface area contributed by atoms with Crippen molar-refractivity contribution in [2.75, 3.05) is 0 Å². The van der Waals surface area contributed by atoms with E-state index >= 15 is 0 Å². The van der Waals surface area contributed by atoms with Crippen LogP contribution >= 0.6 is 0 Å². The Labute approximate surface area is 123 Å². The topological polar surface area (TPSA) is 21.5 Å². The average molecular weight is 273 g/mol. The molecule has 21 heavy (non-hydrogen) atoms. The summed E-state index contributed by atoms with van der Waals surface area (Å²) in [7, 11) is 0. The van der Waals surface area contributed by atoms with E-state index in [9.17, 15) is 4.79 Å². The summed E-state index contributed by atoms with van der Waals surface area (Å²) in [5.74, 6) is 0.0869. The Morgan fingerprint density at radius 1 is 0.810 bits per heavy atom. The van der Waals surface area contributed by atoms with Crippen molar-refractivity contribution < 1.29 is 4.79 Å². The third-order valence-corrected chi connectivity index (χ3v) is 4.40. The van der Waals surface area contributed by atoms with E-state index in [0.29, 0.717) is 0 Å². The largest absolute Gasteiger partial charge is 0.309 e. The first-order valence-electron chi connectivity index (χ1n) is 7.11. The van der Waals surface area contributed by atoms with Crippen molar-refractivity contribution in [2.24, 2.45) is 0 Å². The predicted octanol–water partition coefficient (Wildman–Crippen LogP) is 4.38. The van der Waals surface area contributed by atoms with E-state index in [4.69, 9.17) is 0 Å². The Bertz CT molecular complexity index is 963. The summed E-state index contributed by atoms with van der Waals surface area (Å²) in [6.45, 7) is 4.25. The molecule has 0 fully saturated rings. The number of hydrogen-bond acceptors (Lipinski definition) is 1. The summed E-state index contributed by atoms with van der Waals surface area (Å²) < 4.78 is 2.20. The van der Waals surface area contributed by atoms with Gasteiger partial charge in [-0.1, -0.05) is 36.4 Å². The van der Waals surface area contributed by atoms with Crippen LogP contribution in [0.25, 0.3) is 16.6 Å². The number of benzene rings is 1. The number of nitrogens with zero attached hydrogens (tertiary/aromatic N) is 1. The normalized spacial score (nSPS) is 11.5. The molecule has 0 N–H and O–H groups in total. The number of rotatable bonds is 2. The second-order valence-electron chi connectivity index (χ2n) is 5.52. The minimum Gasteiger partial charge on any atom is -0.309 e. The van der Waals surface area contributed by atoms with E-state index in [-0.39, 0.29) is 5.78 Å². The van der Waals surface area contributed by atoms with Gasteiger partial charge in [0.05, 0.1) is 11.0 Å². The fraction of sp³-hybridized carbons (Fsp3) is 0.105. The van der Waals surface area contributed by atoms with Crippen molar-refractivity contribution in [1.29, 1.82) is 0 Å². The van der Waals surface area contributed by atoms with Crippen molar-refractivity contribution >= 4 is 22.3 Å². The summed E-state index contributed by atoms with van der Waals surface area (Å²) in [6.07, 6.45) is 0. The van der Waals surface area contributed by atoms with Crippen LogP contribution in [-0.2, 0) is 0 Å². The lowest BCUT2D eigenvalue weighted by molar-refractivity contribution is 0.104. The van der Waals surface area contributed by atoms with Crippen LogP contribution in [0, 0.1) is 13.8 Å². The zero-order chi connectivity index (χ0) is 14.6. The molecule has 4 rings (SSSR count). The van der Waals surface area contributed by atoms with E-state index < -0.39 is 0 Å². The molecule has 0 aliphatic carbocycles. The van der Waals surface area contributed by atoms with E-state index in [1.54, 1.807) is 0 Å². The number of pyridine rings is 1. The van der Waals surface area contributed by atoms with Crippen LogP contribution in [-0.4, -0.2) is 10.2 Å². The molecule has 0 spiro atoms. The quantitative estimate of drug-likeness (QED) is 0.497. The third-order valence-electron chi connectivity index (χ3n) is 4.40. The average Bonchev–Trinajstić information content (AvgIpc) is 3.03. The van der Waals surface area contributed by atoms with Crippen molar-refractivity contribution in [3.8, 4) is 0 Å². The number of carbonyl (C=O) groups is 1. The van der Waals surface area contributed by atoms with Crippen LogP contribution in [0.1, 0.15) is 27.0 Å². The number of aryl methyl sites for hydroxylation is 2.